The van der Waals surface area contributed by atoms with Crippen LogP contribution in [0.3, 0.4) is 0 Å². The second kappa shape index (κ2) is 12.4. The number of ketones is 1. The van der Waals surface area contributed by atoms with Gasteiger partial charge in [-0.25, -0.2) is 14.2 Å². The first-order valence-corrected chi connectivity index (χ1v) is 12.6. The number of halogens is 3. The summed E-state index contributed by atoms with van der Waals surface area (Å²) in [7, 11) is 0. The minimum absolute atomic E-state index is 0.0511. The molecule has 3 aromatic rings. The maximum Gasteiger partial charge on any atom is 0.331 e. The number of nitrogens with zero attached hydrogens (tertiary/aromatic N) is 1. The maximum atomic E-state index is 15.1. The molecule has 0 radical (unpaired) electrons. The van der Waals surface area contributed by atoms with Crippen molar-refractivity contribution in [3.8, 4) is 11.3 Å². The molecule has 0 unspecified atom stereocenters. The Hall–Kier alpha value is -2.58. The molecule has 0 atom stereocenters. The van der Waals surface area contributed by atoms with Crippen molar-refractivity contribution in [1.82, 2.24) is 4.98 Å². The quantitative estimate of drug-likeness (QED) is 0.158. The van der Waals surface area contributed by atoms with E-state index in [2.05, 4.69) is 4.98 Å². The van der Waals surface area contributed by atoms with E-state index in [1.807, 2.05) is 6.92 Å². The number of carboxylic acids is 1. The molecule has 0 amide bonds. The van der Waals surface area contributed by atoms with Gasteiger partial charge in [-0.3, -0.25) is 4.79 Å². The van der Waals surface area contributed by atoms with E-state index < -0.39 is 11.8 Å². The number of aliphatic carboxylic acids is 1. The fourth-order valence-corrected chi connectivity index (χ4v) is 4.71. The van der Waals surface area contributed by atoms with Crippen molar-refractivity contribution in [2.24, 2.45) is 0 Å². The number of thiazole rings is 1. The van der Waals surface area contributed by atoms with Gasteiger partial charge in [0.25, 0.3) is 0 Å². The summed E-state index contributed by atoms with van der Waals surface area (Å²) in [6.45, 7) is 4.72. The van der Waals surface area contributed by atoms with Crippen molar-refractivity contribution in [2.45, 2.75) is 33.1 Å². The summed E-state index contributed by atoms with van der Waals surface area (Å²) in [4.78, 5) is 28.5. The summed E-state index contributed by atoms with van der Waals surface area (Å²) >= 11 is 13.6. The Kier molecular flexibility index (Phi) is 9.57. The number of hydrogen-bond donors (Lipinski definition) is 1. The van der Waals surface area contributed by atoms with Gasteiger partial charge in [-0.05, 0) is 56.0 Å². The predicted octanol–water partition coefficient (Wildman–Crippen LogP) is 7.33. The van der Waals surface area contributed by atoms with E-state index in [9.17, 15) is 9.59 Å². The number of aromatic nitrogens is 1. The molecule has 35 heavy (non-hydrogen) atoms. The number of rotatable bonds is 11. The molecular formula is C26H24Cl2FNO4S. The van der Waals surface area contributed by atoms with Crippen LogP contribution in [0.15, 0.2) is 41.3 Å². The van der Waals surface area contributed by atoms with Crippen LogP contribution in [0.25, 0.3) is 17.3 Å². The molecule has 0 fully saturated rings. The molecule has 5 nitrogen and oxygen atoms in total. The fourth-order valence-electron chi connectivity index (χ4n) is 3.34. The van der Waals surface area contributed by atoms with Crippen LogP contribution in [0.5, 0.6) is 0 Å². The molecule has 1 aromatic heterocycles. The topological polar surface area (TPSA) is 76.5 Å². The second-order valence-corrected chi connectivity index (χ2v) is 9.52. The fraction of sp³-hybridized carbons (Fsp3) is 0.269. The van der Waals surface area contributed by atoms with Crippen LogP contribution in [-0.4, -0.2) is 35.1 Å². The zero-order chi connectivity index (χ0) is 25.5. The smallest absolute Gasteiger partial charge is 0.331 e. The van der Waals surface area contributed by atoms with Crippen molar-refractivity contribution in [2.75, 3.05) is 13.2 Å². The highest BCUT2D eigenvalue weighted by Crippen LogP contribution is 2.32. The summed E-state index contributed by atoms with van der Waals surface area (Å²) in [5.41, 5.74) is 1.83. The molecule has 2 aromatic carbocycles. The highest BCUT2D eigenvalue weighted by atomic mass is 35.5. The Balaban J connectivity index is 1.81. The Labute approximate surface area is 217 Å². The molecule has 184 valence electrons. The minimum Gasteiger partial charge on any atom is -0.478 e. The Morgan fingerprint density at radius 1 is 1.20 bits per heavy atom. The third kappa shape index (κ3) is 6.76. The lowest BCUT2D eigenvalue weighted by Gasteiger charge is -2.08. The van der Waals surface area contributed by atoms with E-state index in [4.69, 9.17) is 33.0 Å². The lowest BCUT2D eigenvalue weighted by molar-refractivity contribution is -0.132. The molecule has 0 saturated heterocycles. The van der Waals surface area contributed by atoms with Gasteiger partial charge in [-0.15, -0.1) is 11.3 Å². The lowest BCUT2D eigenvalue weighted by Crippen LogP contribution is -2.03. The second-order valence-electron chi connectivity index (χ2n) is 7.85. The van der Waals surface area contributed by atoms with Crippen molar-refractivity contribution in [3.63, 3.8) is 0 Å². The average Bonchev–Trinajstić information content (AvgIpc) is 3.31. The summed E-state index contributed by atoms with van der Waals surface area (Å²) < 4.78 is 20.6. The van der Waals surface area contributed by atoms with Gasteiger partial charge in [0, 0.05) is 40.9 Å². The Bertz CT molecular complexity index is 1250. The zero-order valence-corrected chi connectivity index (χ0v) is 21.6. The van der Waals surface area contributed by atoms with E-state index in [1.54, 1.807) is 23.6 Å². The molecule has 0 bridgehead atoms. The minimum atomic E-state index is -1.10. The van der Waals surface area contributed by atoms with Crippen LogP contribution >= 0.6 is 34.5 Å². The number of aryl methyl sites for hydroxylation is 1. The third-order valence-electron chi connectivity index (χ3n) is 5.18. The first-order chi connectivity index (χ1) is 16.7. The first kappa shape index (κ1) is 27.0. The van der Waals surface area contributed by atoms with Crippen molar-refractivity contribution in [3.05, 3.63) is 78.8 Å². The third-order valence-corrected chi connectivity index (χ3v) is 6.64. The predicted molar refractivity (Wildman–Crippen MR) is 138 cm³/mol. The zero-order valence-electron chi connectivity index (χ0n) is 19.2. The molecule has 0 saturated carbocycles. The highest BCUT2D eigenvalue weighted by Gasteiger charge is 2.19. The normalized spacial score (nSPS) is 11.6. The van der Waals surface area contributed by atoms with E-state index in [-0.39, 0.29) is 32.0 Å². The van der Waals surface area contributed by atoms with Crippen LogP contribution in [0.2, 0.25) is 10.0 Å². The molecule has 0 aliphatic rings. The maximum absolute atomic E-state index is 15.1. The van der Waals surface area contributed by atoms with E-state index in [0.29, 0.717) is 48.4 Å². The molecule has 9 heteroatoms. The molecule has 0 spiro atoms. The average molecular weight is 536 g/mol. The first-order valence-electron chi connectivity index (χ1n) is 11.0. The Morgan fingerprint density at radius 2 is 1.91 bits per heavy atom. The van der Waals surface area contributed by atoms with Gasteiger partial charge in [-0.2, -0.15) is 0 Å². The number of ether oxygens (including phenoxy) is 1. The standard InChI is InChI=1S/C26H24Cl2FNO4S/c1-3-9-34-10-5-7-16-6-4-8-18(23(16)29)22-14-35-25(30-22)24(31)17-12-20(27)19(21(28)13-17)11-15(2)26(32)33/h4,6,8,11-14H,3,5,7,9-10H2,1-2H3,(H,32,33)/b15-11+. The van der Waals surface area contributed by atoms with Crippen LogP contribution in [-0.2, 0) is 16.0 Å². The van der Waals surface area contributed by atoms with Crippen molar-refractivity contribution in [1.29, 1.82) is 0 Å². The van der Waals surface area contributed by atoms with E-state index in [0.717, 1.165) is 17.8 Å². The van der Waals surface area contributed by atoms with Gasteiger partial charge in [0.2, 0.25) is 5.78 Å². The summed E-state index contributed by atoms with van der Waals surface area (Å²) in [5.74, 6) is -1.88. The van der Waals surface area contributed by atoms with Gasteiger partial charge in [-0.1, -0.05) is 42.3 Å². The highest BCUT2D eigenvalue weighted by molar-refractivity contribution is 7.12. The largest absolute Gasteiger partial charge is 0.478 e. The number of carbonyl (C=O) groups is 2. The number of carboxylic acid groups (broad SMARTS) is 1. The van der Waals surface area contributed by atoms with Gasteiger partial charge in [0.1, 0.15) is 5.82 Å². The molecule has 3 rings (SSSR count). The Morgan fingerprint density at radius 3 is 2.57 bits per heavy atom. The monoisotopic (exact) mass is 535 g/mol. The molecule has 0 aliphatic heterocycles. The van der Waals surface area contributed by atoms with Gasteiger partial charge in [0.05, 0.1) is 15.7 Å². The van der Waals surface area contributed by atoms with E-state index in [1.165, 1.54) is 25.1 Å². The summed E-state index contributed by atoms with van der Waals surface area (Å²) in [5, 5.41) is 11.2. The van der Waals surface area contributed by atoms with Gasteiger partial charge >= 0.3 is 5.97 Å². The van der Waals surface area contributed by atoms with Crippen molar-refractivity contribution >= 4 is 52.4 Å². The van der Waals surface area contributed by atoms with E-state index >= 15 is 4.39 Å². The van der Waals surface area contributed by atoms with Crippen LogP contribution < -0.4 is 0 Å². The summed E-state index contributed by atoms with van der Waals surface area (Å²) in [6.07, 6.45) is 3.53. The SMILES string of the molecule is CCCOCCCc1cccc(-c2csc(C(=O)c3cc(Cl)c(/C=C(\C)C(=O)O)c(Cl)c3)n2)c1F. The van der Waals surface area contributed by atoms with Crippen LogP contribution in [0.1, 0.15) is 53.2 Å². The molecular weight excluding hydrogens is 512 g/mol. The van der Waals surface area contributed by atoms with Crippen molar-refractivity contribution < 1.29 is 23.8 Å². The lowest BCUT2D eigenvalue weighted by atomic mass is 10.0. The van der Waals surface area contributed by atoms with Gasteiger partial charge < -0.3 is 9.84 Å². The molecule has 1 heterocycles. The molecule has 1 N–H and O–H groups in total. The molecule has 0 aliphatic carbocycles. The number of benzene rings is 2. The van der Waals surface area contributed by atoms with Gasteiger partial charge in [0.15, 0.2) is 5.01 Å². The number of carbonyl (C=O) groups excluding carboxylic acids is 1. The number of hydrogen-bond acceptors (Lipinski definition) is 5. The van der Waals surface area contributed by atoms with Crippen LogP contribution in [0.4, 0.5) is 4.39 Å². The van der Waals surface area contributed by atoms with Crippen LogP contribution in [0, 0.1) is 5.82 Å². The summed E-state index contributed by atoms with van der Waals surface area (Å²) in [6, 6.07) is 7.98.